The van der Waals surface area contributed by atoms with Crippen LogP contribution in [-0.4, -0.2) is 68.5 Å². The number of hydrogen-bond donors (Lipinski definition) is 2. The Hall–Kier alpha value is -2.58. The van der Waals surface area contributed by atoms with Crippen molar-refractivity contribution < 1.29 is 32.9 Å². The van der Waals surface area contributed by atoms with Gasteiger partial charge in [0.05, 0.1) is 39.9 Å². The van der Waals surface area contributed by atoms with Crippen molar-refractivity contribution >= 4 is 13.7 Å². The van der Waals surface area contributed by atoms with Crippen LogP contribution in [-0.2, 0) is 18.4 Å². The number of aliphatic hydroxyl groups excluding tert-OH is 1. The molecule has 0 fully saturated rings. The van der Waals surface area contributed by atoms with Gasteiger partial charge in [-0.25, -0.2) is 0 Å². The average Bonchev–Trinajstić information content (AvgIpc) is 3.21. The van der Waals surface area contributed by atoms with Crippen LogP contribution in [0.3, 0.4) is 0 Å². The molecule has 9 heteroatoms. The van der Waals surface area contributed by atoms with Gasteiger partial charge in [-0.1, -0.05) is 188 Å². The zero-order valence-corrected chi connectivity index (χ0v) is 40.5. The molecule has 0 aliphatic rings. The van der Waals surface area contributed by atoms with Gasteiger partial charge in [0.2, 0.25) is 5.91 Å². The fourth-order valence-electron chi connectivity index (χ4n) is 6.29. The highest BCUT2D eigenvalue weighted by Gasteiger charge is 2.24. The molecule has 0 aliphatic carbocycles. The standard InChI is InChI=1S/C52H91N2O6P/c1-6-8-10-12-14-16-18-20-21-22-23-24-25-26-27-28-29-30-31-32-33-34-36-38-40-42-44-46-52(56)53-50(49-60-61(57,58)59-48-47-54(3,4)5)51(55)45-43-41-39-37-35-19-17-15-13-11-9-7-2/h8,10,14,16,20-21,23-24,26-27,29-30,32-33,36,38,50-51,55H,6-7,9,11-13,15,17-19,22,25,28,31,34-35,37,39-49H2,1-5H3,(H-,53,56,57,58)/b10-8-,16-14-,21-20-,24-23-,27-26-,30-29-,33-32-,38-36-. The van der Waals surface area contributed by atoms with Gasteiger partial charge in [0, 0.05) is 6.42 Å². The maximum Gasteiger partial charge on any atom is 0.268 e. The summed E-state index contributed by atoms with van der Waals surface area (Å²) >= 11 is 0. The Morgan fingerprint density at radius 2 is 1.00 bits per heavy atom. The lowest BCUT2D eigenvalue weighted by molar-refractivity contribution is -0.870. The molecule has 3 unspecified atom stereocenters. The van der Waals surface area contributed by atoms with Crippen molar-refractivity contribution in [1.29, 1.82) is 0 Å². The van der Waals surface area contributed by atoms with E-state index in [1.807, 2.05) is 21.1 Å². The Morgan fingerprint density at radius 1 is 0.590 bits per heavy atom. The van der Waals surface area contributed by atoms with Gasteiger partial charge in [0.1, 0.15) is 13.2 Å². The lowest BCUT2D eigenvalue weighted by Crippen LogP contribution is -2.46. The van der Waals surface area contributed by atoms with E-state index >= 15 is 0 Å². The van der Waals surface area contributed by atoms with Crippen molar-refractivity contribution in [2.45, 2.75) is 187 Å². The first-order chi connectivity index (χ1) is 29.5. The topological polar surface area (TPSA) is 108 Å². The second kappa shape index (κ2) is 42.7. The van der Waals surface area contributed by atoms with Crippen LogP contribution in [0.15, 0.2) is 97.2 Å². The van der Waals surface area contributed by atoms with Crippen LogP contribution in [0.2, 0.25) is 0 Å². The van der Waals surface area contributed by atoms with Gasteiger partial charge >= 0.3 is 0 Å². The first kappa shape index (κ1) is 58.4. The zero-order valence-electron chi connectivity index (χ0n) is 39.6. The van der Waals surface area contributed by atoms with E-state index in [9.17, 15) is 19.4 Å². The molecule has 3 atom stereocenters. The van der Waals surface area contributed by atoms with Crippen LogP contribution < -0.4 is 10.2 Å². The molecule has 0 aromatic carbocycles. The number of allylic oxidation sites excluding steroid dienone is 16. The number of likely N-dealkylation sites (N-methyl/N-ethyl adjacent to an activating group) is 1. The van der Waals surface area contributed by atoms with E-state index < -0.39 is 20.0 Å². The van der Waals surface area contributed by atoms with E-state index in [0.29, 0.717) is 30.3 Å². The van der Waals surface area contributed by atoms with Gasteiger partial charge in [-0.2, -0.15) is 0 Å². The van der Waals surface area contributed by atoms with E-state index in [4.69, 9.17) is 9.05 Å². The Morgan fingerprint density at radius 3 is 1.43 bits per heavy atom. The smallest absolute Gasteiger partial charge is 0.268 e. The van der Waals surface area contributed by atoms with Crippen LogP contribution in [0.25, 0.3) is 0 Å². The molecule has 0 heterocycles. The predicted octanol–water partition coefficient (Wildman–Crippen LogP) is 13.3. The number of unbranched alkanes of at least 4 members (excludes halogenated alkanes) is 13. The molecule has 2 N–H and O–H groups in total. The monoisotopic (exact) mass is 871 g/mol. The van der Waals surface area contributed by atoms with E-state index in [1.165, 1.54) is 57.8 Å². The number of nitrogens with one attached hydrogen (secondary N) is 1. The highest BCUT2D eigenvalue weighted by Crippen LogP contribution is 2.38. The molecule has 0 aliphatic heterocycles. The minimum Gasteiger partial charge on any atom is -0.756 e. The van der Waals surface area contributed by atoms with Crippen LogP contribution in [0.1, 0.15) is 174 Å². The molecule has 0 spiro atoms. The van der Waals surface area contributed by atoms with E-state index in [2.05, 4.69) is 116 Å². The summed E-state index contributed by atoms with van der Waals surface area (Å²) in [7, 11) is 1.26. The third-order valence-corrected chi connectivity index (χ3v) is 11.1. The largest absolute Gasteiger partial charge is 0.756 e. The second-order valence-corrected chi connectivity index (χ2v) is 18.5. The van der Waals surface area contributed by atoms with Gasteiger partial charge in [0.15, 0.2) is 0 Å². The zero-order chi connectivity index (χ0) is 45.0. The number of phosphoric acid groups is 1. The maximum absolute atomic E-state index is 12.9. The van der Waals surface area contributed by atoms with Gasteiger partial charge in [-0.05, 0) is 77.0 Å². The Kier molecular flexibility index (Phi) is 40.9. The lowest BCUT2D eigenvalue weighted by atomic mass is 10.0. The normalized spacial score (nSPS) is 15.1. The molecule has 0 rings (SSSR count). The highest BCUT2D eigenvalue weighted by atomic mass is 31.2. The summed E-state index contributed by atoms with van der Waals surface area (Å²) in [6, 6.07) is -0.830. The molecule has 0 aromatic rings. The lowest BCUT2D eigenvalue weighted by Gasteiger charge is -2.30. The molecule has 0 bridgehead atoms. The molecule has 350 valence electrons. The number of carbonyl (C=O) groups is 1. The third kappa shape index (κ3) is 45.3. The van der Waals surface area contributed by atoms with Gasteiger partial charge < -0.3 is 28.8 Å². The van der Waals surface area contributed by atoms with Crippen molar-refractivity contribution in [2.75, 3.05) is 40.9 Å². The molecule has 0 radical (unpaired) electrons. The molecule has 1 amide bonds. The van der Waals surface area contributed by atoms with Gasteiger partial charge in [0.25, 0.3) is 7.82 Å². The number of phosphoric ester groups is 1. The molecule has 8 nitrogen and oxygen atoms in total. The summed E-state index contributed by atoms with van der Waals surface area (Å²) in [6.45, 7) is 4.54. The summed E-state index contributed by atoms with van der Waals surface area (Å²) in [5, 5.41) is 13.9. The third-order valence-electron chi connectivity index (χ3n) is 10.1. The Bertz CT molecular complexity index is 1310. The number of hydrogen-bond acceptors (Lipinski definition) is 6. The number of carbonyl (C=O) groups excluding carboxylic acids is 1. The van der Waals surface area contributed by atoms with Crippen molar-refractivity contribution in [3.8, 4) is 0 Å². The van der Waals surface area contributed by atoms with Crippen LogP contribution >= 0.6 is 7.82 Å². The molecular formula is C52H91N2O6P. The number of rotatable bonds is 42. The summed E-state index contributed by atoms with van der Waals surface area (Å²) in [5.74, 6) is -0.213. The predicted molar refractivity (Wildman–Crippen MR) is 260 cm³/mol. The van der Waals surface area contributed by atoms with Crippen LogP contribution in [0.4, 0.5) is 0 Å². The first-order valence-electron chi connectivity index (χ1n) is 24.1. The second-order valence-electron chi connectivity index (χ2n) is 17.1. The van der Waals surface area contributed by atoms with Crippen molar-refractivity contribution in [2.24, 2.45) is 0 Å². The van der Waals surface area contributed by atoms with E-state index in [1.54, 1.807) is 0 Å². The van der Waals surface area contributed by atoms with Crippen LogP contribution in [0, 0.1) is 0 Å². The number of nitrogens with zero attached hydrogens (tertiary/aromatic N) is 1. The molecular weight excluding hydrogens is 780 g/mol. The number of quaternary nitrogens is 1. The fraction of sp³-hybridized carbons (Fsp3) is 0.673. The fourth-order valence-corrected chi connectivity index (χ4v) is 7.01. The average molecular weight is 871 g/mol. The van der Waals surface area contributed by atoms with Crippen LogP contribution in [0.5, 0.6) is 0 Å². The van der Waals surface area contributed by atoms with Crippen molar-refractivity contribution in [3.05, 3.63) is 97.2 Å². The molecule has 61 heavy (non-hydrogen) atoms. The SMILES string of the molecule is CC/C=C\C/C=C\C/C=C\C/C=C\C/C=C\C/C=C\C/C=C\C/C=C\CCCCC(=O)NC(COP(=O)([O-])OCC[N+](C)(C)C)C(O)CCCCCCCCCCCCCC. The molecule has 0 saturated heterocycles. The number of aliphatic hydroxyl groups is 1. The quantitative estimate of drug-likeness (QED) is 0.0274. The summed E-state index contributed by atoms with van der Waals surface area (Å²) < 4.78 is 23.2. The molecule has 0 aromatic heterocycles. The maximum atomic E-state index is 12.9. The van der Waals surface area contributed by atoms with Gasteiger partial charge in [-0.3, -0.25) is 9.36 Å². The number of amides is 1. The summed E-state index contributed by atoms with van der Waals surface area (Å²) in [4.78, 5) is 25.3. The van der Waals surface area contributed by atoms with E-state index in [-0.39, 0.29) is 19.1 Å². The van der Waals surface area contributed by atoms with Crippen molar-refractivity contribution in [3.63, 3.8) is 0 Å². The Balaban J connectivity index is 4.38. The van der Waals surface area contributed by atoms with Crippen molar-refractivity contribution in [1.82, 2.24) is 5.32 Å². The van der Waals surface area contributed by atoms with E-state index in [0.717, 1.165) is 83.5 Å². The minimum atomic E-state index is -4.58. The molecule has 0 saturated carbocycles. The summed E-state index contributed by atoms with van der Waals surface area (Å²) in [6.07, 6.45) is 59.9. The minimum absolute atomic E-state index is 0.00221. The summed E-state index contributed by atoms with van der Waals surface area (Å²) in [5.41, 5.74) is 0. The first-order valence-corrected chi connectivity index (χ1v) is 25.5. The Labute approximate surface area is 375 Å². The highest BCUT2D eigenvalue weighted by molar-refractivity contribution is 7.45. The van der Waals surface area contributed by atoms with Gasteiger partial charge in [-0.15, -0.1) is 0 Å².